The number of hydrogen-bond donors (Lipinski definition) is 5. The average molecular weight is 450 g/mol. The van der Waals surface area contributed by atoms with Crippen molar-refractivity contribution in [2.24, 2.45) is 0 Å². The number of H-pyrrole nitrogens is 1. The van der Waals surface area contributed by atoms with Crippen LogP contribution in [0.4, 0.5) is 11.6 Å². The molecule has 2 amide bonds. The largest absolute Gasteiger partial charge is 0.381 e. The maximum Gasteiger partial charge on any atom is 0.261 e. The molecule has 0 spiro atoms. The maximum atomic E-state index is 12.9. The number of amides is 2. The number of nitrogens with two attached hydrogens (primary N) is 1. The zero-order valence-corrected chi connectivity index (χ0v) is 18.1. The number of aromatic amines is 1. The molecular weight excluding hydrogens is 426 g/mol. The molecule has 0 bridgehead atoms. The number of aliphatic hydroxyl groups is 1. The number of aliphatic hydroxyl groups excluding tert-OH is 1. The summed E-state index contributed by atoms with van der Waals surface area (Å²) in [5.74, 6) is -0.716. The van der Waals surface area contributed by atoms with Crippen molar-refractivity contribution in [3.63, 3.8) is 0 Å². The molecule has 2 aromatic carbocycles. The minimum Gasteiger partial charge on any atom is -0.381 e. The number of hydrogen-bond acceptors (Lipinski definition) is 6. The lowest BCUT2D eigenvalue weighted by atomic mass is 10.0. The Balaban J connectivity index is 1.55. The molecule has 32 heavy (non-hydrogen) atoms. The van der Waals surface area contributed by atoms with Crippen molar-refractivity contribution in [2.45, 2.75) is 25.5 Å². The van der Waals surface area contributed by atoms with E-state index in [9.17, 15) is 14.7 Å². The van der Waals surface area contributed by atoms with Gasteiger partial charge < -0.3 is 26.5 Å². The third-order valence-corrected chi connectivity index (χ3v) is 6.26. The Morgan fingerprint density at radius 2 is 1.94 bits per heavy atom. The summed E-state index contributed by atoms with van der Waals surface area (Å²) in [5.41, 5.74) is 8.07. The van der Waals surface area contributed by atoms with E-state index in [0.29, 0.717) is 27.2 Å². The van der Waals surface area contributed by atoms with E-state index in [-0.39, 0.29) is 11.9 Å². The first-order chi connectivity index (χ1) is 15.4. The fourth-order valence-corrected chi connectivity index (χ4v) is 4.23. The molecule has 8 nitrogen and oxygen atoms in total. The summed E-state index contributed by atoms with van der Waals surface area (Å²) in [5, 5.41) is 16.4. The fourth-order valence-electron chi connectivity index (χ4n) is 3.38. The molecule has 0 saturated carbocycles. The van der Waals surface area contributed by atoms with E-state index >= 15 is 0 Å². The Hall–Kier alpha value is -3.69. The van der Waals surface area contributed by atoms with E-state index in [1.54, 1.807) is 48.5 Å². The van der Waals surface area contributed by atoms with E-state index in [2.05, 4.69) is 20.6 Å². The second-order valence-electron chi connectivity index (χ2n) is 7.27. The van der Waals surface area contributed by atoms with E-state index in [0.717, 1.165) is 11.3 Å². The van der Waals surface area contributed by atoms with Gasteiger partial charge in [0.15, 0.2) is 12.1 Å². The molecule has 6 N–H and O–H groups in total. The van der Waals surface area contributed by atoms with Gasteiger partial charge in [-0.1, -0.05) is 37.3 Å². The number of imidazole rings is 1. The van der Waals surface area contributed by atoms with Gasteiger partial charge in [-0.05, 0) is 42.3 Å². The normalized spacial score (nSPS) is 12.9. The minimum absolute atomic E-state index is 0.273. The first-order valence-electron chi connectivity index (χ1n) is 10.1. The van der Waals surface area contributed by atoms with Crippen LogP contribution in [0.1, 0.15) is 33.1 Å². The molecule has 4 aromatic rings. The van der Waals surface area contributed by atoms with Crippen LogP contribution in [0.3, 0.4) is 0 Å². The summed E-state index contributed by atoms with van der Waals surface area (Å²) in [7, 11) is 0. The standard InChI is InChI=1S/C23H23N5O3S/c1-2-15-9-11-18(32-15)21(30)28-19(13-6-4-3-5-7-13)20(29)22(31)25-14-8-10-16-17(12-14)27-23(24)26-16/h3-12,19-20,29H,2H2,1H3,(H,25,31)(H,28,30)(H3,24,26,27). The summed E-state index contributed by atoms with van der Waals surface area (Å²) in [6, 6.07) is 16.7. The van der Waals surface area contributed by atoms with Crippen molar-refractivity contribution >= 4 is 45.8 Å². The van der Waals surface area contributed by atoms with Crippen molar-refractivity contribution in [1.82, 2.24) is 15.3 Å². The van der Waals surface area contributed by atoms with Gasteiger partial charge in [0.05, 0.1) is 22.0 Å². The third kappa shape index (κ3) is 4.63. The van der Waals surface area contributed by atoms with E-state index in [1.807, 2.05) is 19.1 Å². The lowest BCUT2D eigenvalue weighted by molar-refractivity contribution is -0.125. The lowest BCUT2D eigenvalue weighted by Gasteiger charge is -2.24. The van der Waals surface area contributed by atoms with E-state index in [4.69, 9.17) is 5.73 Å². The molecule has 0 aliphatic rings. The quantitative estimate of drug-likeness (QED) is 0.295. The highest BCUT2D eigenvalue weighted by Crippen LogP contribution is 2.23. The smallest absolute Gasteiger partial charge is 0.261 e. The van der Waals surface area contributed by atoms with Crippen LogP contribution < -0.4 is 16.4 Å². The van der Waals surface area contributed by atoms with Crippen molar-refractivity contribution < 1.29 is 14.7 Å². The number of carbonyl (C=O) groups is 2. The fraction of sp³-hybridized carbons (Fsp3) is 0.174. The molecule has 0 aliphatic heterocycles. The molecule has 0 aliphatic carbocycles. The van der Waals surface area contributed by atoms with Crippen LogP contribution in [0.25, 0.3) is 11.0 Å². The molecule has 0 fully saturated rings. The second-order valence-corrected chi connectivity index (χ2v) is 8.44. The molecule has 164 valence electrons. The zero-order valence-electron chi connectivity index (χ0n) is 17.3. The third-order valence-electron chi connectivity index (χ3n) is 5.03. The van der Waals surface area contributed by atoms with Crippen LogP contribution in [0, 0.1) is 0 Å². The Morgan fingerprint density at radius 1 is 1.16 bits per heavy atom. The molecule has 2 heterocycles. The lowest BCUT2D eigenvalue weighted by Crippen LogP contribution is -2.42. The number of carbonyl (C=O) groups excluding carboxylic acids is 2. The van der Waals surface area contributed by atoms with Gasteiger partial charge in [-0.15, -0.1) is 11.3 Å². The number of nitrogens with one attached hydrogen (secondary N) is 3. The van der Waals surface area contributed by atoms with Crippen LogP contribution in [0.5, 0.6) is 0 Å². The molecule has 2 atom stereocenters. The van der Waals surface area contributed by atoms with Crippen LogP contribution in [-0.4, -0.2) is 33.0 Å². The number of rotatable bonds is 7. The second kappa shape index (κ2) is 9.21. The number of nitrogens with zero attached hydrogens (tertiary/aromatic N) is 1. The molecule has 4 rings (SSSR count). The first-order valence-corrected chi connectivity index (χ1v) is 10.9. The summed E-state index contributed by atoms with van der Waals surface area (Å²) >= 11 is 1.39. The van der Waals surface area contributed by atoms with Gasteiger partial charge in [0.1, 0.15) is 0 Å². The van der Waals surface area contributed by atoms with Gasteiger partial charge in [-0.2, -0.15) is 0 Å². The van der Waals surface area contributed by atoms with Gasteiger partial charge in [-0.3, -0.25) is 9.59 Å². The van der Waals surface area contributed by atoms with E-state index in [1.165, 1.54) is 11.3 Å². The van der Waals surface area contributed by atoms with Gasteiger partial charge in [0, 0.05) is 10.6 Å². The summed E-state index contributed by atoms with van der Waals surface area (Å²) in [4.78, 5) is 34.3. The number of aryl methyl sites for hydroxylation is 1. The topological polar surface area (TPSA) is 133 Å². The summed E-state index contributed by atoms with van der Waals surface area (Å²) in [6.45, 7) is 2.02. The van der Waals surface area contributed by atoms with Crippen LogP contribution >= 0.6 is 11.3 Å². The first kappa shape index (κ1) is 21.5. The summed E-state index contributed by atoms with van der Waals surface area (Å²) in [6.07, 6.45) is -0.688. The highest BCUT2D eigenvalue weighted by Gasteiger charge is 2.30. The monoisotopic (exact) mass is 449 g/mol. The SMILES string of the molecule is CCc1ccc(C(=O)NC(c2ccccc2)C(O)C(=O)Nc2ccc3nc(N)[nH]c3c2)s1. The average Bonchev–Trinajstić information content (AvgIpc) is 3.43. The van der Waals surface area contributed by atoms with E-state index < -0.39 is 18.1 Å². The molecular formula is C23H23N5O3S. The number of nitrogen functional groups attached to an aromatic ring is 1. The number of fused-ring (bicyclic) bond motifs is 1. The van der Waals surface area contributed by atoms with Gasteiger partial charge in [0.25, 0.3) is 11.8 Å². The maximum absolute atomic E-state index is 12.9. The van der Waals surface area contributed by atoms with Crippen molar-refractivity contribution in [2.75, 3.05) is 11.1 Å². The Kier molecular flexibility index (Phi) is 6.20. The highest BCUT2D eigenvalue weighted by atomic mass is 32.1. The minimum atomic E-state index is -1.52. The predicted molar refractivity (Wildman–Crippen MR) is 125 cm³/mol. The van der Waals surface area contributed by atoms with Gasteiger partial charge >= 0.3 is 0 Å². The molecule has 2 unspecified atom stereocenters. The van der Waals surface area contributed by atoms with Crippen LogP contribution in [0.2, 0.25) is 0 Å². The predicted octanol–water partition coefficient (Wildman–Crippen LogP) is 3.24. The Morgan fingerprint density at radius 3 is 2.66 bits per heavy atom. The molecule has 2 aromatic heterocycles. The zero-order chi connectivity index (χ0) is 22.7. The number of thiophene rings is 1. The number of benzene rings is 2. The highest BCUT2D eigenvalue weighted by molar-refractivity contribution is 7.14. The molecule has 9 heteroatoms. The van der Waals surface area contributed by atoms with Gasteiger partial charge in [-0.25, -0.2) is 4.98 Å². The molecule has 0 saturated heterocycles. The van der Waals surface area contributed by atoms with Crippen LogP contribution in [0.15, 0.2) is 60.7 Å². The van der Waals surface area contributed by atoms with Crippen molar-refractivity contribution in [3.8, 4) is 0 Å². The van der Waals surface area contributed by atoms with Crippen LogP contribution in [-0.2, 0) is 11.2 Å². The Labute approximate surface area is 188 Å². The Bertz CT molecular complexity index is 1250. The van der Waals surface area contributed by atoms with Crippen molar-refractivity contribution in [3.05, 3.63) is 76.0 Å². The van der Waals surface area contributed by atoms with Crippen molar-refractivity contribution in [1.29, 1.82) is 0 Å². The summed E-state index contributed by atoms with van der Waals surface area (Å²) < 4.78 is 0. The van der Waals surface area contributed by atoms with Gasteiger partial charge in [0.2, 0.25) is 0 Å². The molecule has 0 radical (unpaired) electrons. The number of aromatic nitrogens is 2. The number of anilines is 2.